The van der Waals surface area contributed by atoms with Gasteiger partial charge in [0.2, 0.25) is 0 Å². The molecule has 0 aliphatic rings. The van der Waals surface area contributed by atoms with Crippen molar-refractivity contribution in [2.75, 3.05) is 5.75 Å². The van der Waals surface area contributed by atoms with Gasteiger partial charge in [-0.2, -0.15) is 5.10 Å². The molecule has 5 heteroatoms. The lowest BCUT2D eigenvalue weighted by molar-refractivity contribution is 0.588. The van der Waals surface area contributed by atoms with Gasteiger partial charge in [-0.15, -0.1) is 11.8 Å². The number of aryl methyl sites for hydroxylation is 1. The van der Waals surface area contributed by atoms with E-state index in [2.05, 4.69) is 29.1 Å². The smallest absolute Gasteiger partial charge is 0.138 e. The molecule has 2 N–H and O–H groups in total. The number of nitrogens with two attached hydrogens (primary N) is 1. The summed E-state index contributed by atoms with van der Waals surface area (Å²) in [6.07, 6.45) is 2.36. The van der Waals surface area contributed by atoms with Gasteiger partial charge < -0.3 is 5.73 Å². The molecule has 0 spiro atoms. The molecule has 2 aromatic rings. The number of thioether (sulfide) groups is 1. The summed E-state index contributed by atoms with van der Waals surface area (Å²) in [5.74, 6) is 1.86. The van der Waals surface area contributed by atoms with Crippen LogP contribution in [0.5, 0.6) is 0 Å². The molecule has 0 fully saturated rings. The molecule has 1 aromatic carbocycles. The van der Waals surface area contributed by atoms with Crippen LogP contribution < -0.4 is 5.73 Å². The number of rotatable bonds is 6. The van der Waals surface area contributed by atoms with Gasteiger partial charge in [0.05, 0.1) is 0 Å². The SMILES string of the molecule is CCn1ncnc1CC(N)CSc1ccccc1. The Morgan fingerprint density at radius 1 is 1.33 bits per heavy atom. The molecular weight excluding hydrogens is 244 g/mol. The quantitative estimate of drug-likeness (QED) is 0.809. The lowest BCUT2D eigenvalue weighted by Crippen LogP contribution is -2.27. The summed E-state index contributed by atoms with van der Waals surface area (Å²) in [7, 11) is 0. The first kappa shape index (κ1) is 13.1. The van der Waals surface area contributed by atoms with Crippen molar-refractivity contribution in [1.29, 1.82) is 0 Å². The van der Waals surface area contributed by atoms with Gasteiger partial charge in [0.15, 0.2) is 0 Å². The molecule has 0 amide bonds. The molecule has 0 bridgehead atoms. The van der Waals surface area contributed by atoms with E-state index in [4.69, 9.17) is 5.73 Å². The Morgan fingerprint density at radius 3 is 2.83 bits per heavy atom. The summed E-state index contributed by atoms with van der Waals surface area (Å²) in [4.78, 5) is 5.50. The summed E-state index contributed by atoms with van der Waals surface area (Å²) >= 11 is 1.78. The van der Waals surface area contributed by atoms with Crippen LogP contribution >= 0.6 is 11.8 Å². The van der Waals surface area contributed by atoms with Gasteiger partial charge in [-0.05, 0) is 19.1 Å². The molecule has 96 valence electrons. The summed E-state index contributed by atoms with van der Waals surface area (Å²) in [6.45, 7) is 2.90. The lowest BCUT2D eigenvalue weighted by Gasteiger charge is -2.11. The Morgan fingerprint density at radius 2 is 2.11 bits per heavy atom. The summed E-state index contributed by atoms with van der Waals surface area (Å²) in [5.41, 5.74) is 6.13. The number of hydrogen-bond donors (Lipinski definition) is 1. The van der Waals surface area contributed by atoms with Crippen LogP contribution in [0.4, 0.5) is 0 Å². The topological polar surface area (TPSA) is 56.7 Å². The van der Waals surface area contributed by atoms with E-state index in [9.17, 15) is 0 Å². The van der Waals surface area contributed by atoms with E-state index >= 15 is 0 Å². The molecule has 1 unspecified atom stereocenters. The first-order valence-electron chi connectivity index (χ1n) is 6.09. The average Bonchev–Trinajstić information content (AvgIpc) is 2.85. The highest BCUT2D eigenvalue weighted by molar-refractivity contribution is 7.99. The van der Waals surface area contributed by atoms with Gasteiger partial charge >= 0.3 is 0 Å². The van der Waals surface area contributed by atoms with Crippen LogP contribution in [-0.4, -0.2) is 26.6 Å². The van der Waals surface area contributed by atoms with Crippen molar-refractivity contribution in [3.8, 4) is 0 Å². The minimum Gasteiger partial charge on any atom is -0.327 e. The van der Waals surface area contributed by atoms with Crippen LogP contribution in [0, 0.1) is 0 Å². The van der Waals surface area contributed by atoms with Gasteiger partial charge in [-0.1, -0.05) is 18.2 Å². The Hall–Kier alpha value is -1.33. The Bertz CT molecular complexity index is 469. The Kier molecular flexibility index (Phi) is 4.78. The Labute approximate surface area is 112 Å². The molecule has 2 rings (SSSR count). The Balaban J connectivity index is 1.84. The molecule has 1 atom stereocenters. The number of hydrogen-bond acceptors (Lipinski definition) is 4. The third-order valence-electron chi connectivity index (χ3n) is 2.65. The second kappa shape index (κ2) is 6.56. The normalized spacial score (nSPS) is 12.6. The highest BCUT2D eigenvalue weighted by Crippen LogP contribution is 2.18. The third-order valence-corrected chi connectivity index (χ3v) is 3.85. The van der Waals surface area contributed by atoms with E-state index in [1.165, 1.54) is 4.90 Å². The van der Waals surface area contributed by atoms with Crippen LogP contribution in [0.3, 0.4) is 0 Å². The summed E-state index contributed by atoms with van der Waals surface area (Å²) in [6, 6.07) is 10.4. The molecule has 0 radical (unpaired) electrons. The van der Waals surface area contributed by atoms with Crippen LogP contribution in [0.1, 0.15) is 12.7 Å². The first-order valence-corrected chi connectivity index (χ1v) is 7.08. The van der Waals surface area contributed by atoms with E-state index in [1.54, 1.807) is 18.1 Å². The second-order valence-electron chi connectivity index (χ2n) is 4.08. The van der Waals surface area contributed by atoms with Gasteiger partial charge in [-0.3, -0.25) is 4.68 Å². The highest BCUT2D eigenvalue weighted by Gasteiger charge is 2.09. The minimum absolute atomic E-state index is 0.102. The first-order chi connectivity index (χ1) is 8.79. The lowest BCUT2D eigenvalue weighted by atomic mass is 10.2. The highest BCUT2D eigenvalue weighted by atomic mass is 32.2. The van der Waals surface area contributed by atoms with Crippen LogP contribution in [0.25, 0.3) is 0 Å². The van der Waals surface area contributed by atoms with E-state index < -0.39 is 0 Å². The monoisotopic (exact) mass is 262 g/mol. The third kappa shape index (κ3) is 3.58. The van der Waals surface area contributed by atoms with Crippen molar-refractivity contribution in [2.24, 2.45) is 5.73 Å². The largest absolute Gasteiger partial charge is 0.327 e. The zero-order valence-electron chi connectivity index (χ0n) is 10.5. The summed E-state index contributed by atoms with van der Waals surface area (Å²) < 4.78 is 1.90. The fourth-order valence-corrected chi connectivity index (χ4v) is 2.60. The number of aromatic nitrogens is 3. The van der Waals surface area contributed by atoms with Gasteiger partial charge in [0.1, 0.15) is 12.2 Å². The predicted molar refractivity (Wildman–Crippen MR) is 74.5 cm³/mol. The van der Waals surface area contributed by atoms with E-state index in [0.29, 0.717) is 0 Å². The standard InChI is InChI=1S/C13H18N4S/c1-2-17-13(15-10-16-17)8-11(14)9-18-12-6-4-3-5-7-12/h3-7,10-11H,2,8-9,14H2,1H3. The molecule has 4 nitrogen and oxygen atoms in total. The zero-order chi connectivity index (χ0) is 12.8. The van der Waals surface area contributed by atoms with Crippen molar-refractivity contribution in [2.45, 2.75) is 30.8 Å². The van der Waals surface area contributed by atoms with Crippen LogP contribution in [0.15, 0.2) is 41.6 Å². The molecule has 1 heterocycles. The van der Waals surface area contributed by atoms with E-state index in [0.717, 1.165) is 24.5 Å². The van der Waals surface area contributed by atoms with Gasteiger partial charge in [-0.25, -0.2) is 4.98 Å². The van der Waals surface area contributed by atoms with Gasteiger partial charge in [0, 0.05) is 29.7 Å². The minimum atomic E-state index is 0.102. The molecule has 0 aliphatic carbocycles. The molecule has 1 aromatic heterocycles. The van der Waals surface area contributed by atoms with Gasteiger partial charge in [0.25, 0.3) is 0 Å². The fourth-order valence-electron chi connectivity index (χ4n) is 1.72. The van der Waals surface area contributed by atoms with Crippen molar-refractivity contribution < 1.29 is 0 Å². The zero-order valence-corrected chi connectivity index (χ0v) is 11.3. The number of nitrogens with zero attached hydrogens (tertiary/aromatic N) is 3. The maximum atomic E-state index is 6.13. The molecule has 18 heavy (non-hydrogen) atoms. The fraction of sp³-hybridized carbons (Fsp3) is 0.385. The molecular formula is C13H18N4S. The van der Waals surface area contributed by atoms with Crippen molar-refractivity contribution in [1.82, 2.24) is 14.8 Å². The molecule has 0 saturated heterocycles. The van der Waals surface area contributed by atoms with Crippen molar-refractivity contribution >= 4 is 11.8 Å². The molecule has 0 saturated carbocycles. The van der Waals surface area contributed by atoms with Crippen molar-refractivity contribution in [3.63, 3.8) is 0 Å². The average molecular weight is 262 g/mol. The maximum Gasteiger partial charge on any atom is 0.138 e. The van der Waals surface area contributed by atoms with E-state index in [1.807, 2.05) is 22.9 Å². The summed E-state index contributed by atoms with van der Waals surface area (Å²) in [5, 5.41) is 4.15. The van der Waals surface area contributed by atoms with E-state index in [-0.39, 0.29) is 6.04 Å². The molecule has 0 aliphatic heterocycles. The van der Waals surface area contributed by atoms with Crippen LogP contribution in [0.2, 0.25) is 0 Å². The number of benzene rings is 1. The second-order valence-corrected chi connectivity index (χ2v) is 5.17. The van der Waals surface area contributed by atoms with Crippen LogP contribution in [-0.2, 0) is 13.0 Å². The maximum absolute atomic E-state index is 6.13. The predicted octanol–water partition coefficient (Wildman–Crippen LogP) is 1.96. The van der Waals surface area contributed by atoms with Crippen molar-refractivity contribution in [3.05, 3.63) is 42.5 Å².